The topological polar surface area (TPSA) is 63.6 Å². The molecule has 0 aromatic carbocycles. The van der Waals surface area contributed by atoms with E-state index in [-0.39, 0.29) is 12.1 Å². The minimum Gasteiger partial charge on any atom is -0.481 e. The molecule has 4 heteroatoms. The molecular formula is C35H66O4. The first-order valence-corrected chi connectivity index (χ1v) is 17.1. The van der Waals surface area contributed by atoms with Crippen molar-refractivity contribution in [2.24, 2.45) is 0 Å². The SMILES string of the molecule is CCCC/C=C\CCCCCCCCC(=O)OC(C)CCCCCCCCCCCCCCCCCC(=O)O. The minimum atomic E-state index is -0.665. The summed E-state index contributed by atoms with van der Waals surface area (Å²) >= 11 is 0. The molecule has 0 aliphatic carbocycles. The van der Waals surface area contributed by atoms with Gasteiger partial charge < -0.3 is 9.84 Å². The first-order valence-electron chi connectivity index (χ1n) is 17.1. The van der Waals surface area contributed by atoms with Crippen LogP contribution in [-0.2, 0) is 14.3 Å². The Kier molecular flexibility index (Phi) is 30.2. The molecule has 0 spiro atoms. The summed E-state index contributed by atoms with van der Waals surface area (Å²) in [5.41, 5.74) is 0. The number of carbonyl (C=O) groups excluding carboxylic acids is 1. The van der Waals surface area contributed by atoms with Crippen LogP contribution in [0, 0.1) is 0 Å². The Balaban J connectivity index is 3.30. The number of carboxylic acid groups (broad SMARTS) is 1. The Hall–Kier alpha value is -1.32. The zero-order valence-corrected chi connectivity index (χ0v) is 26.2. The van der Waals surface area contributed by atoms with Gasteiger partial charge in [0.15, 0.2) is 0 Å². The van der Waals surface area contributed by atoms with E-state index in [1.165, 1.54) is 135 Å². The number of unbranched alkanes of at least 4 members (excludes halogenated alkanes) is 22. The second kappa shape index (κ2) is 31.2. The molecule has 1 N–H and O–H groups in total. The number of rotatable bonds is 31. The van der Waals surface area contributed by atoms with Crippen molar-refractivity contribution in [1.29, 1.82) is 0 Å². The van der Waals surface area contributed by atoms with Crippen LogP contribution in [0.5, 0.6) is 0 Å². The standard InChI is InChI=1S/C35H66O4/c1-3-4-5-6-7-8-9-17-20-23-26-29-32-35(38)39-33(2)30-27-24-21-18-15-13-11-10-12-14-16-19-22-25-28-31-34(36)37/h6-7,33H,3-5,8-32H2,1-2H3,(H,36,37)/b7-6-. The second-order valence-electron chi connectivity index (χ2n) is 11.8. The van der Waals surface area contributed by atoms with Gasteiger partial charge in [0, 0.05) is 12.8 Å². The molecule has 0 saturated carbocycles. The number of allylic oxidation sites excluding steroid dienone is 2. The molecule has 0 saturated heterocycles. The van der Waals surface area contributed by atoms with Gasteiger partial charge >= 0.3 is 11.9 Å². The average molecular weight is 551 g/mol. The van der Waals surface area contributed by atoms with Crippen LogP contribution in [0.1, 0.15) is 194 Å². The van der Waals surface area contributed by atoms with E-state index in [0.717, 1.165) is 32.1 Å². The van der Waals surface area contributed by atoms with E-state index in [1.807, 2.05) is 6.92 Å². The maximum absolute atomic E-state index is 12.1. The highest BCUT2D eigenvalue weighted by Crippen LogP contribution is 2.15. The van der Waals surface area contributed by atoms with Crippen molar-refractivity contribution >= 4 is 11.9 Å². The first kappa shape index (κ1) is 37.7. The molecular weight excluding hydrogens is 484 g/mol. The molecule has 1 atom stereocenters. The molecule has 0 heterocycles. The lowest BCUT2D eigenvalue weighted by atomic mass is 10.0. The van der Waals surface area contributed by atoms with Gasteiger partial charge in [0.2, 0.25) is 0 Å². The van der Waals surface area contributed by atoms with Crippen molar-refractivity contribution < 1.29 is 19.4 Å². The van der Waals surface area contributed by atoms with Gasteiger partial charge in [0.25, 0.3) is 0 Å². The lowest BCUT2D eigenvalue weighted by Crippen LogP contribution is -2.14. The third-order valence-corrected chi connectivity index (χ3v) is 7.73. The fraction of sp³-hybridized carbons (Fsp3) is 0.886. The Bertz CT molecular complexity index is 557. The quantitative estimate of drug-likeness (QED) is 0.0529. The van der Waals surface area contributed by atoms with Crippen LogP contribution in [0.25, 0.3) is 0 Å². The second-order valence-corrected chi connectivity index (χ2v) is 11.8. The van der Waals surface area contributed by atoms with Crippen molar-refractivity contribution in [1.82, 2.24) is 0 Å². The number of ether oxygens (including phenoxy) is 1. The molecule has 0 fully saturated rings. The van der Waals surface area contributed by atoms with E-state index >= 15 is 0 Å². The zero-order valence-electron chi connectivity index (χ0n) is 26.2. The monoisotopic (exact) mass is 550 g/mol. The largest absolute Gasteiger partial charge is 0.481 e. The molecule has 1 unspecified atom stereocenters. The van der Waals surface area contributed by atoms with E-state index < -0.39 is 5.97 Å². The van der Waals surface area contributed by atoms with Crippen LogP contribution >= 0.6 is 0 Å². The van der Waals surface area contributed by atoms with Crippen LogP contribution in [0.15, 0.2) is 12.2 Å². The number of carbonyl (C=O) groups is 2. The summed E-state index contributed by atoms with van der Waals surface area (Å²) in [5, 5.41) is 8.63. The van der Waals surface area contributed by atoms with Gasteiger partial charge in [-0.05, 0) is 51.9 Å². The highest BCUT2D eigenvalue weighted by molar-refractivity contribution is 5.69. The highest BCUT2D eigenvalue weighted by atomic mass is 16.5. The fourth-order valence-electron chi connectivity index (χ4n) is 5.14. The lowest BCUT2D eigenvalue weighted by molar-refractivity contribution is -0.148. The average Bonchev–Trinajstić information content (AvgIpc) is 2.90. The number of hydrogen-bond donors (Lipinski definition) is 1. The van der Waals surface area contributed by atoms with Crippen LogP contribution in [0.4, 0.5) is 0 Å². The summed E-state index contributed by atoms with van der Waals surface area (Å²) in [7, 11) is 0. The molecule has 230 valence electrons. The van der Waals surface area contributed by atoms with Gasteiger partial charge in [-0.25, -0.2) is 0 Å². The summed E-state index contributed by atoms with van der Waals surface area (Å²) in [6.07, 6.45) is 37.8. The molecule has 0 bridgehead atoms. The van der Waals surface area contributed by atoms with E-state index in [4.69, 9.17) is 9.84 Å². The number of aliphatic carboxylic acids is 1. The smallest absolute Gasteiger partial charge is 0.306 e. The predicted molar refractivity (Wildman–Crippen MR) is 167 cm³/mol. The summed E-state index contributed by atoms with van der Waals surface area (Å²) in [6.45, 7) is 4.29. The molecule has 0 aromatic rings. The maximum Gasteiger partial charge on any atom is 0.306 e. The van der Waals surface area contributed by atoms with Crippen LogP contribution in [0.2, 0.25) is 0 Å². The Morgan fingerprint density at radius 1 is 0.564 bits per heavy atom. The Morgan fingerprint density at radius 2 is 0.949 bits per heavy atom. The van der Waals surface area contributed by atoms with E-state index in [1.54, 1.807) is 0 Å². The Morgan fingerprint density at radius 3 is 1.41 bits per heavy atom. The molecule has 0 rings (SSSR count). The third kappa shape index (κ3) is 32.8. The van der Waals surface area contributed by atoms with Gasteiger partial charge in [-0.3, -0.25) is 9.59 Å². The molecule has 0 radical (unpaired) electrons. The number of esters is 1. The lowest BCUT2D eigenvalue weighted by Gasteiger charge is -2.13. The first-order chi connectivity index (χ1) is 19.1. The normalized spacial score (nSPS) is 12.3. The minimum absolute atomic E-state index is 0.00421. The van der Waals surface area contributed by atoms with E-state index in [9.17, 15) is 9.59 Å². The maximum atomic E-state index is 12.1. The van der Waals surface area contributed by atoms with Crippen LogP contribution < -0.4 is 0 Å². The molecule has 4 nitrogen and oxygen atoms in total. The predicted octanol–water partition coefficient (Wildman–Crippen LogP) is 11.5. The highest BCUT2D eigenvalue weighted by Gasteiger charge is 2.09. The summed E-state index contributed by atoms with van der Waals surface area (Å²) in [6, 6.07) is 0. The van der Waals surface area contributed by atoms with Gasteiger partial charge in [-0.2, -0.15) is 0 Å². The number of hydrogen-bond acceptors (Lipinski definition) is 3. The molecule has 0 aliphatic heterocycles. The van der Waals surface area contributed by atoms with Gasteiger partial charge in [0.05, 0.1) is 6.10 Å². The zero-order chi connectivity index (χ0) is 28.7. The van der Waals surface area contributed by atoms with Crippen molar-refractivity contribution in [2.75, 3.05) is 0 Å². The third-order valence-electron chi connectivity index (χ3n) is 7.73. The van der Waals surface area contributed by atoms with Crippen LogP contribution in [0.3, 0.4) is 0 Å². The molecule has 0 amide bonds. The summed E-state index contributed by atoms with van der Waals surface area (Å²) < 4.78 is 5.62. The molecule has 0 aliphatic rings. The Labute approximate surface area is 243 Å². The van der Waals surface area contributed by atoms with Crippen molar-refractivity contribution in [3.63, 3.8) is 0 Å². The number of carboxylic acids is 1. The van der Waals surface area contributed by atoms with Crippen molar-refractivity contribution in [2.45, 2.75) is 200 Å². The van der Waals surface area contributed by atoms with Gasteiger partial charge in [-0.15, -0.1) is 0 Å². The molecule has 0 aromatic heterocycles. The van der Waals surface area contributed by atoms with E-state index in [2.05, 4.69) is 19.1 Å². The van der Waals surface area contributed by atoms with E-state index in [0.29, 0.717) is 12.8 Å². The van der Waals surface area contributed by atoms with Crippen molar-refractivity contribution in [3.8, 4) is 0 Å². The van der Waals surface area contributed by atoms with Crippen LogP contribution in [-0.4, -0.2) is 23.1 Å². The van der Waals surface area contributed by atoms with Crippen molar-refractivity contribution in [3.05, 3.63) is 12.2 Å². The summed E-state index contributed by atoms with van der Waals surface area (Å²) in [4.78, 5) is 22.6. The van der Waals surface area contributed by atoms with Gasteiger partial charge in [0.1, 0.15) is 0 Å². The molecule has 39 heavy (non-hydrogen) atoms. The summed E-state index contributed by atoms with van der Waals surface area (Å²) in [5.74, 6) is -0.670. The van der Waals surface area contributed by atoms with Gasteiger partial charge in [-0.1, -0.05) is 141 Å². The fourth-order valence-corrected chi connectivity index (χ4v) is 5.14.